The number of fused-ring (bicyclic) bond motifs is 2. The summed E-state index contributed by atoms with van der Waals surface area (Å²) in [5, 5.41) is 20.1. The van der Waals surface area contributed by atoms with Gasteiger partial charge in [0.1, 0.15) is 22.5 Å². The molecule has 0 aliphatic rings. The number of rotatable bonds is 10. The molecule has 0 unspecified atom stereocenters. The summed E-state index contributed by atoms with van der Waals surface area (Å²) >= 11 is 0. The molecule has 4 heterocycles. The van der Waals surface area contributed by atoms with Gasteiger partial charge in [-0.15, -0.1) is 0 Å². The van der Waals surface area contributed by atoms with Crippen LogP contribution in [-0.4, -0.2) is 65.6 Å². The number of nitrogens with zero attached hydrogens (tertiary/aromatic N) is 6. The summed E-state index contributed by atoms with van der Waals surface area (Å²) in [7, 11) is 1.46. The Hall–Kier alpha value is -6.98. The van der Waals surface area contributed by atoms with Crippen LogP contribution >= 0.6 is 0 Å². The zero-order valence-electron chi connectivity index (χ0n) is 24.5. The summed E-state index contributed by atoms with van der Waals surface area (Å²) in [5.41, 5.74) is 18.7. The SMILES string of the molecule is COc1cc(C(N)=O)cc2nc(N)n(C/C=C/Cn3c(NC(=O)c4ccno4)nc4cc(C(N)=O)cc(O)c43)c12.O=Cc1ccno1. The molecule has 0 radical (unpaired) electrons. The van der Waals surface area contributed by atoms with Gasteiger partial charge in [0.05, 0.1) is 30.5 Å². The van der Waals surface area contributed by atoms with Gasteiger partial charge < -0.3 is 45.2 Å². The molecule has 0 fully saturated rings. The molecule has 3 amide bonds. The van der Waals surface area contributed by atoms with Crippen molar-refractivity contribution in [2.45, 2.75) is 13.1 Å². The summed E-state index contributed by atoms with van der Waals surface area (Å²) in [4.78, 5) is 54.4. The largest absolute Gasteiger partial charge is 0.506 e. The predicted octanol–water partition coefficient (Wildman–Crippen LogP) is 1.86. The molecule has 18 heteroatoms. The van der Waals surface area contributed by atoms with E-state index in [1.807, 2.05) is 0 Å². The lowest BCUT2D eigenvalue weighted by molar-refractivity contribution is 0.0982. The fourth-order valence-electron chi connectivity index (χ4n) is 4.53. The molecular weight excluding hydrogens is 616 g/mol. The number of methoxy groups -OCH3 is 1. The van der Waals surface area contributed by atoms with Crippen molar-refractivity contribution in [1.29, 1.82) is 0 Å². The van der Waals surface area contributed by atoms with Gasteiger partial charge >= 0.3 is 0 Å². The van der Waals surface area contributed by atoms with E-state index in [0.717, 1.165) is 0 Å². The fraction of sp³-hybridized carbons (Fsp3) is 0.103. The molecule has 0 atom stereocenters. The number of benzene rings is 2. The van der Waals surface area contributed by atoms with Gasteiger partial charge in [0.25, 0.3) is 5.91 Å². The van der Waals surface area contributed by atoms with E-state index in [-0.39, 0.29) is 64.4 Å². The zero-order valence-corrected chi connectivity index (χ0v) is 24.5. The molecule has 2 aromatic carbocycles. The van der Waals surface area contributed by atoms with Crippen LogP contribution in [0, 0.1) is 0 Å². The number of aldehydes is 1. The number of aromatic nitrogens is 6. The minimum absolute atomic E-state index is 0.0490. The van der Waals surface area contributed by atoms with E-state index in [0.29, 0.717) is 23.1 Å². The molecule has 0 aliphatic carbocycles. The van der Waals surface area contributed by atoms with Crippen LogP contribution in [0.3, 0.4) is 0 Å². The summed E-state index contributed by atoms with van der Waals surface area (Å²) in [5.74, 6) is -1.40. The zero-order chi connectivity index (χ0) is 33.7. The highest BCUT2D eigenvalue weighted by atomic mass is 16.5. The van der Waals surface area contributed by atoms with E-state index < -0.39 is 17.7 Å². The summed E-state index contributed by atoms with van der Waals surface area (Å²) in [6.07, 6.45) is 6.88. The third kappa shape index (κ3) is 6.60. The first-order valence-corrected chi connectivity index (χ1v) is 13.5. The number of primary amides is 2. The molecule has 8 N–H and O–H groups in total. The molecule has 6 rings (SSSR count). The van der Waals surface area contributed by atoms with Gasteiger partial charge in [-0.1, -0.05) is 22.5 Å². The number of nitrogens with one attached hydrogen (secondary N) is 1. The maximum absolute atomic E-state index is 12.6. The number of imidazole rings is 2. The van der Waals surface area contributed by atoms with Crippen molar-refractivity contribution in [3.05, 3.63) is 83.6 Å². The molecule has 240 valence electrons. The smallest absolute Gasteiger partial charge is 0.296 e. The highest BCUT2D eigenvalue weighted by Gasteiger charge is 2.20. The van der Waals surface area contributed by atoms with E-state index in [9.17, 15) is 24.3 Å². The topological polar surface area (TPSA) is 276 Å². The van der Waals surface area contributed by atoms with Crippen LogP contribution in [0.25, 0.3) is 22.1 Å². The molecule has 0 bridgehead atoms. The van der Waals surface area contributed by atoms with E-state index in [1.165, 1.54) is 60.5 Å². The maximum Gasteiger partial charge on any atom is 0.296 e. The van der Waals surface area contributed by atoms with E-state index in [2.05, 4.69) is 30.1 Å². The molecule has 4 aromatic heterocycles. The quantitative estimate of drug-likeness (QED) is 0.105. The van der Waals surface area contributed by atoms with E-state index in [1.54, 1.807) is 16.7 Å². The lowest BCUT2D eigenvalue weighted by Crippen LogP contribution is -2.15. The number of nitrogens with two attached hydrogens (primary N) is 3. The number of hydrogen-bond donors (Lipinski definition) is 5. The molecule has 0 saturated heterocycles. The Morgan fingerprint density at radius 2 is 1.55 bits per heavy atom. The molecule has 0 aliphatic heterocycles. The lowest BCUT2D eigenvalue weighted by atomic mass is 10.1. The number of nitrogen functional groups attached to an aromatic ring is 1. The van der Waals surface area contributed by atoms with Gasteiger partial charge in [-0.3, -0.25) is 24.5 Å². The first kappa shape index (κ1) is 31.4. The maximum atomic E-state index is 12.6. The second kappa shape index (κ2) is 13.3. The minimum atomic E-state index is -0.748. The van der Waals surface area contributed by atoms with Crippen LogP contribution < -0.4 is 27.3 Å². The number of hydrogen-bond acceptors (Lipinski definition) is 13. The van der Waals surface area contributed by atoms with Crippen LogP contribution in [0.4, 0.5) is 11.9 Å². The number of ether oxygens (including phenoxy) is 1. The Kier molecular flexibility index (Phi) is 8.93. The summed E-state index contributed by atoms with van der Waals surface area (Å²) < 4.78 is 17.9. The predicted molar refractivity (Wildman–Crippen MR) is 165 cm³/mol. The highest BCUT2D eigenvalue weighted by Crippen LogP contribution is 2.31. The van der Waals surface area contributed by atoms with Crippen molar-refractivity contribution < 1.29 is 38.1 Å². The lowest BCUT2D eigenvalue weighted by Gasteiger charge is -2.09. The Bertz CT molecular complexity index is 2130. The summed E-state index contributed by atoms with van der Waals surface area (Å²) in [6.45, 7) is 0.403. The Morgan fingerprint density at radius 1 is 0.915 bits per heavy atom. The van der Waals surface area contributed by atoms with Crippen molar-refractivity contribution in [2.75, 3.05) is 18.2 Å². The number of anilines is 2. The molecular formula is C29H26N10O8. The van der Waals surface area contributed by atoms with Crippen LogP contribution in [0.5, 0.6) is 11.5 Å². The van der Waals surface area contributed by atoms with E-state index >= 15 is 0 Å². The average molecular weight is 643 g/mol. The van der Waals surface area contributed by atoms with Gasteiger partial charge in [0.2, 0.25) is 29.5 Å². The number of phenolic OH excluding ortho intramolecular Hbond substituents is 1. The number of phenols is 1. The monoisotopic (exact) mass is 642 g/mol. The second-order valence-electron chi connectivity index (χ2n) is 9.60. The van der Waals surface area contributed by atoms with Gasteiger partial charge in [0, 0.05) is 36.3 Å². The fourth-order valence-corrected chi connectivity index (χ4v) is 4.53. The van der Waals surface area contributed by atoms with Gasteiger partial charge in [-0.25, -0.2) is 9.97 Å². The van der Waals surface area contributed by atoms with E-state index in [4.69, 9.17) is 26.5 Å². The standard InChI is InChI=1S/C25H23N9O6.C4H3NO2/c1-39-18-11-13(22(27)37)9-15-20(18)33(24(28)30-15)6-2-3-7-34-19-14(8-12(21(26)36)10-16(19)35)31-25(34)32-23(38)17-4-5-29-40-17;6-3-4-1-2-5-7-4/h2-5,8-11,35H,6-7H2,1H3,(H2,26,36)(H2,27,37)(H2,28,30)(H,31,32,38);1-3H/b3-2+;. The minimum Gasteiger partial charge on any atom is -0.506 e. The van der Waals surface area contributed by atoms with Crippen LogP contribution in [-0.2, 0) is 13.1 Å². The van der Waals surface area contributed by atoms with Crippen molar-refractivity contribution in [1.82, 2.24) is 29.4 Å². The Labute approximate surface area is 263 Å². The van der Waals surface area contributed by atoms with Crippen LogP contribution in [0.1, 0.15) is 41.8 Å². The first-order chi connectivity index (χ1) is 22.6. The summed E-state index contributed by atoms with van der Waals surface area (Å²) in [6, 6.07) is 8.54. The highest BCUT2D eigenvalue weighted by molar-refractivity contribution is 6.03. The Balaban J connectivity index is 0.000000549. The first-order valence-electron chi connectivity index (χ1n) is 13.5. The van der Waals surface area contributed by atoms with Gasteiger partial charge in [-0.05, 0) is 24.3 Å². The van der Waals surface area contributed by atoms with Crippen molar-refractivity contribution in [2.24, 2.45) is 11.5 Å². The molecule has 47 heavy (non-hydrogen) atoms. The van der Waals surface area contributed by atoms with Crippen molar-refractivity contribution in [3.63, 3.8) is 0 Å². The van der Waals surface area contributed by atoms with Crippen LogP contribution in [0.15, 0.2) is 70.0 Å². The number of amides is 3. The van der Waals surface area contributed by atoms with Crippen LogP contribution in [0.2, 0.25) is 0 Å². The molecule has 0 spiro atoms. The van der Waals surface area contributed by atoms with Gasteiger partial charge in [-0.2, -0.15) is 0 Å². The number of carbonyl (C=O) groups is 4. The average Bonchev–Trinajstić information content (AvgIpc) is 3.86. The third-order valence-electron chi connectivity index (χ3n) is 6.65. The van der Waals surface area contributed by atoms with Crippen molar-refractivity contribution in [3.8, 4) is 11.5 Å². The normalized spacial score (nSPS) is 11.0. The molecule has 0 saturated carbocycles. The molecule has 18 nitrogen and oxygen atoms in total. The number of allylic oxidation sites excluding steroid dienone is 2. The number of carbonyl (C=O) groups excluding carboxylic acids is 4. The third-order valence-corrected chi connectivity index (χ3v) is 6.65. The number of aromatic hydroxyl groups is 1. The van der Waals surface area contributed by atoms with Crippen molar-refractivity contribution >= 4 is 58.0 Å². The van der Waals surface area contributed by atoms with Gasteiger partial charge in [0.15, 0.2) is 12.0 Å². The second-order valence-corrected chi connectivity index (χ2v) is 9.60. The Morgan fingerprint density at radius 3 is 2.13 bits per heavy atom. The molecule has 6 aromatic rings.